The van der Waals surface area contributed by atoms with E-state index in [1.54, 1.807) is 18.0 Å². The molecule has 19 heavy (non-hydrogen) atoms. The van der Waals surface area contributed by atoms with E-state index >= 15 is 0 Å². The number of rotatable bonds is 4. The Morgan fingerprint density at radius 2 is 2.00 bits per heavy atom. The molecule has 0 fully saturated rings. The molecule has 0 aromatic heterocycles. The van der Waals surface area contributed by atoms with Crippen molar-refractivity contribution in [1.82, 2.24) is 4.90 Å². The summed E-state index contributed by atoms with van der Waals surface area (Å²) >= 11 is 3.17. The first-order valence-electron chi connectivity index (χ1n) is 5.67. The minimum atomic E-state index is -0.431. The number of carbonyl (C=O) groups is 1. The minimum Gasteiger partial charge on any atom is -0.341 e. The maximum absolute atomic E-state index is 13.2. The van der Waals surface area contributed by atoms with Gasteiger partial charge >= 0.3 is 0 Å². The molecule has 0 radical (unpaired) electrons. The van der Waals surface area contributed by atoms with Gasteiger partial charge in [0.05, 0.1) is 0 Å². The summed E-state index contributed by atoms with van der Waals surface area (Å²) in [6, 6.07) is 4.16. The van der Waals surface area contributed by atoms with Gasteiger partial charge in [0.25, 0.3) is 5.91 Å². The van der Waals surface area contributed by atoms with Crippen molar-refractivity contribution in [3.05, 3.63) is 34.1 Å². The van der Waals surface area contributed by atoms with Crippen LogP contribution in [0.3, 0.4) is 0 Å². The highest BCUT2D eigenvalue weighted by molar-refractivity contribution is 9.10. The van der Waals surface area contributed by atoms with E-state index in [0.717, 1.165) is 0 Å². The zero-order valence-electron chi connectivity index (χ0n) is 11.2. The van der Waals surface area contributed by atoms with Crippen LogP contribution in [0.2, 0.25) is 0 Å². The lowest BCUT2D eigenvalue weighted by molar-refractivity contribution is 0.0740. The molecule has 1 rings (SSSR count). The normalized spacial score (nSPS) is 10.8. The first-order chi connectivity index (χ1) is 8.25. The number of halogens is 3. The van der Waals surface area contributed by atoms with Crippen LogP contribution >= 0.6 is 28.3 Å². The standard InChI is InChI=1S/C13H18BrFN2O.ClH/c1-13(2,7-16)8-17(3)12(18)9-4-10(14)6-11(15)5-9;/h4-6H,7-8,16H2,1-3H3;1H. The number of carbonyl (C=O) groups excluding carboxylic acids is 1. The third-order valence-electron chi connectivity index (χ3n) is 2.67. The number of amides is 1. The van der Waals surface area contributed by atoms with Crippen LogP contribution in [0.1, 0.15) is 24.2 Å². The first-order valence-corrected chi connectivity index (χ1v) is 6.46. The van der Waals surface area contributed by atoms with E-state index in [-0.39, 0.29) is 23.7 Å². The quantitative estimate of drug-likeness (QED) is 0.904. The minimum absolute atomic E-state index is 0. The van der Waals surface area contributed by atoms with E-state index in [1.807, 2.05) is 13.8 Å². The Morgan fingerprint density at radius 1 is 1.42 bits per heavy atom. The first kappa shape index (κ1) is 18.4. The van der Waals surface area contributed by atoms with Crippen LogP contribution in [0.4, 0.5) is 4.39 Å². The third kappa shape index (κ3) is 5.47. The van der Waals surface area contributed by atoms with Crippen LogP contribution in [0.25, 0.3) is 0 Å². The van der Waals surface area contributed by atoms with Gasteiger partial charge in [-0.3, -0.25) is 4.79 Å². The van der Waals surface area contributed by atoms with Crippen molar-refractivity contribution in [2.45, 2.75) is 13.8 Å². The predicted octanol–water partition coefficient (Wildman–Crippen LogP) is 3.07. The summed E-state index contributed by atoms with van der Waals surface area (Å²) < 4.78 is 13.8. The zero-order chi connectivity index (χ0) is 13.9. The second-order valence-electron chi connectivity index (χ2n) is 5.19. The van der Waals surface area contributed by atoms with Gasteiger partial charge in [0, 0.05) is 23.6 Å². The molecule has 0 heterocycles. The van der Waals surface area contributed by atoms with E-state index in [1.165, 1.54) is 12.1 Å². The molecule has 1 amide bonds. The van der Waals surface area contributed by atoms with E-state index in [0.29, 0.717) is 23.1 Å². The molecule has 3 nitrogen and oxygen atoms in total. The summed E-state index contributed by atoms with van der Waals surface area (Å²) in [4.78, 5) is 13.7. The van der Waals surface area contributed by atoms with Gasteiger partial charge in [-0.15, -0.1) is 12.4 Å². The molecule has 0 atom stereocenters. The van der Waals surface area contributed by atoms with E-state index in [4.69, 9.17) is 5.73 Å². The zero-order valence-corrected chi connectivity index (χ0v) is 13.6. The Labute approximate surface area is 127 Å². The molecule has 0 aliphatic heterocycles. The summed E-state index contributed by atoms with van der Waals surface area (Å²) in [6.07, 6.45) is 0. The highest BCUT2D eigenvalue weighted by atomic mass is 79.9. The number of nitrogens with zero attached hydrogens (tertiary/aromatic N) is 1. The van der Waals surface area contributed by atoms with Gasteiger partial charge in [0.2, 0.25) is 0 Å². The van der Waals surface area contributed by atoms with Crippen LogP contribution in [0, 0.1) is 11.2 Å². The topological polar surface area (TPSA) is 46.3 Å². The van der Waals surface area contributed by atoms with Crippen molar-refractivity contribution in [3.63, 3.8) is 0 Å². The van der Waals surface area contributed by atoms with E-state index in [9.17, 15) is 9.18 Å². The Balaban J connectivity index is 0.00000324. The summed E-state index contributed by atoms with van der Waals surface area (Å²) in [5.41, 5.74) is 5.81. The number of hydrogen-bond donors (Lipinski definition) is 1. The molecule has 0 spiro atoms. The molecule has 6 heteroatoms. The van der Waals surface area contributed by atoms with Crippen LogP contribution in [0.15, 0.2) is 22.7 Å². The molecule has 0 saturated heterocycles. The van der Waals surface area contributed by atoms with Gasteiger partial charge in [-0.05, 0) is 30.2 Å². The number of benzene rings is 1. The maximum atomic E-state index is 13.2. The molecule has 0 saturated carbocycles. The lowest BCUT2D eigenvalue weighted by Crippen LogP contribution is -2.39. The molecule has 2 N–H and O–H groups in total. The second-order valence-corrected chi connectivity index (χ2v) is 6.10. The Hall–Kier alpha value is -0.650. The van der Waals surface area contributed by atoms with Gasteiger partial charge in [-0.2, -0.15) is 0 Å². The average Bonchev–Trinajstić information content (AvgIpc) is 2.26. The maximum Gasteiger partial charge on any atom is 0.253 e. The average molecular weight is 354 g/mol. The molecular weight excluding hydrogens is 335 g/mol. The molecular formula is C13H19BrClFN2O. The fourth-order valence-electron chi connectivity index (χ4n) is 1.68. The SMILES string of the molecule is CN(CC(C)(C)CN)C(=O)c1cc(F)cc(Br)c1.Cl. The van der Waals surface area contributed by atoms with Crippen molar-refractivity contribution < 1.29 is 9.18 Å². The molecule has 108 valence electrons. The summed E-state index contributed by atoms with van der Waals surface area (Å²) in [6.45, 7) is 4.98. The van der Waals surface area contributed by atoms with Crippen molar-refractivity contribution in [2.75, 3.05) is 20.1 Å². The largest absolute Gasteiger partial charge is 0.341 e. The summed E-state index contributed by atoms with van der Waals surface area (Å²) in [5, 5.41) is 0. The Bertz CT molecular complexity index is 434. The van der Waals surface area contributed by atoms with Gasteiger partial charge in [0.15, 0.2) is 0 Å². The highest BCUT2D eigenvalue weighted by Crippen LogP contribution is 2.19. The monoisotopic (exact) mass is 352 g/mol. The molecule has 0 bridgehead atoms. The number of nitrogens with two attached hydrogens (primary N) is 1. The van der Waals surface area contributed by atoms with E-state index < -0.39 is 5.82 Å². The van der Waals surface area contributed by atoms with Crippen LogP contribution in [-0.4, -0.2) is 30.9 Å². The van der Waals surface area contributed by atoms with Gasteiger partial charge in [0.1, 0.15) is 5.82 Å². The Kier molecular flexibility index (Phi) is 6.97. The fourth-order valence-corrected chi connectivity index (χ4v) is 2.14. The summed E-state index contributed by atoms with van der Waals surface area (Å²) in [5.74, 6) is -0.643. The highest BCUT2D eigenvalue weighted by Gasteiger charge is 2.22. The van der Waals surface area contributed by atoms with Crippen molar-refractivity contribution in [3.8, 4) is 0 Å². The number of hydrogen-bond acceptors (Lipinski definition) is 2. The van der Waals surface area contributed by atoms with Crippen molar-refractivity contribution in [2.24, 2.45) is 11.1 Å². The van der Waals surface area contributed by atoms with Crippen LogP contribution in [0.5, 0.6) is 0 Å². The van der Waals surface area contributed by atoms with Crippen molar-refractivity contribution >= 4 is 34.2 Å². The molecule has 1 aromatic carbocycles. The molecule has 1 aromatic rings. The van der Waals surface area contributed by atoms with E-state index in [2.05, 4.69) is 15.9 Å². The van der Waals surface area contributed by atoms with Gasteiger partial charge < -0.3 is 10.6 Å². The molecule has 0 aliphatic carbocycles. The van der Waals surface area contributed by atoms with Crippen LogP contribution < -0.4 is 5.73 Å². The van der Waals surface area contributed by atoms with Gasteiger partial charge in [-0.25, -0.2) is 4.39 Å². The third-order valence-corrected chi connectivity index (χ3v) is 3.13. The Morgan fingerprint density at radius 3 is 2.47 bits per heavy atom. The fraction of sp³-hybridized carbons (Fsp3) is 0.462. The van der Waals surface area contributed by atoms with Crippen molar-refractivity contribution in [1.29, 1.82) is 0 Å². The second kappa shape index (κ2) is 7.22. The smallest absolute Gasteiger partial charge is 0.253 e. The predicted molar refractivity (Wildman–Crippen MR) is 81.1 cm³/mol. The van der Waals surface area contributed by atoms with Crippen LogP contribution in [-0.2, 0) is 0 Å². The molecule has 0 unspecified atom stereocenters. The van der Waals surface area contributed by atoms with Gasteiger partial charge in [-0.1, -0.05) is 29.8 Å². The lowest BCUT2D eigenvalue weighted by atomic mass is 9.93. The lowest BCUT2D eigenvalue weighted by Gasteiger charge is -2.29. The summed E-state index contributed by atoms with van der Waals surface area (Å²) in [7, 11) is 1.69. The molecule has 0 aliphatic rings.